The molecule has 116 valence electrons. The van der Waals surface area contributed by atoms with E-state index in [9.17, 15) is 19.5 Å². The highest BCUT2D eigenvalue weighted by Crippen LogP contribution is 2.15. The molecule has 1 rings (SSSR count). The summed E-state index contributed by atoms with van der Waals surface area (Å²) in [6.07, 6.45) is 0.671. The van der Waals surface area contributed by atoms with Gasteiger partial charge in [0.15, 0.2) is 0 Å². The number of rotatable bonds is 8. The summed E-state index contributed by atoms with van der Waals surface area (Å²) < 4.78 is 0. The summed E-state index contributed by atoms with van der Waals surface area (Å²) in [5.41, 5.74) is -1.23. The Kier molecular flexibility index (Phi) is 6.36. The zero-order valence-electron chi connectivity index (χ0n) is 12.1. The van der Waals surface area contributed by atoms with Crippen LogP contribution in [-0.2, 0) is 9.59 Å². The maximum atomic E-state index is 11.8. The summed E-state index contributed by atoms with van der Waals surface area (Å²) in [7, 11) is 0. The van der Waals surface area contributed by atoms with Crippen molar-refractivity contribution >= 4 is 29.1 Å². The van der Waals surface area contributed by atoms with E-state index in [0.717, 1.165) is 0 Å². The molecule has 0 saturated carbocycles. The second kappa shape index (κ2) is 7.78. The van der Waals surface area contributed by atoms with E-state index in [-0.39, 0.29) is 24.8 Å². The molecule has 1 heterocycles. The van der Waals surface area contributed by atoms with Crippen LogP contribution in [0.3, 0.4) is 0 Å². The van der Waals surface area contributed by atoms with E-state index in [2.05, 4.69) is 10.6 Å². The number of carbonyl (C=O) groups is 3. The number of hydrogen-bond donors (Lipinski definition) is 3. The predicted octanol–water partition coefficient (Wildman–Crippen LogP) is 1.63. The van der Waals surface area contributed by atoms with E-state index in [0.29, 0.717) is 17.7 Å². The quantitative estimate of drug-likeness (QED) is 0.680. The lowest BCUT2D eigenvalue weighted by molar-refractivity contribution is -0.148. The number of aliphatic carboxylic acids is 1. The highest BCUT2D eigenvalue weighted by molar-refractivity contribution is 7.12. The van der Waals surface area contributed by atoms with Crippen molar-refractivity contribution in [3.63, 3.8) is 0 Å². The molecule has 0 saturated heterocycles. The van der Waals surface area contributed by atoms with Crippen molar-refractivity contribution in [3.05, 3.63) is 22.4 Å². The van der Waals surface area contributed by atoms with E-state index < -0.39 is 11.5 Å². The van der Waals surface area contributed by atoms with Gasteiger partial charge in [0.2, 0.25) is 5.91 Å². The maximum absolute atomic E-state index is 11.8. The Balaban J connectivity index is 2.43. The van der Waals surface area contributed by atoms with Crippen molar-refractivity contribution in [2.45, 2.75) is 38.6 Å². The Morgan fingerprint density at radius 2 is 1.95 bits per heavy atom. The Bertz CT molecular complexity index is 495. The fourth-order valence-corrected chi connectivity index (χ4v) is 2.54. The van der Waals surface area contributed by atoms with Crippen molar-refractivity contribution < 1.29 is 19.5 Å². The van der Waals surface area contributed by atoms with Crippen LogP contribution in [0.4, 0.5) is 0 Å². The number of thiophene rings is 1. The number of carboxylic acids is 1. The minimum absolute atomic E-state index is 0.0478. The Labute approximate surface area is 127 Å². The van der Waals surface area contributed by atoms with Gasteiger partial charge in [-0.2, -0.15) is 0 Å². The molecule has 0 aliphatic rings. The molecule has 21 heavy (non-hydrogen) atoms. The van der Waals surface area contributed by atoms with E-state index in [1.165, 1.54) is 11.3 Å². The smallest absolute Gasteiger partial charge is 0.329 e. The van der Waals surface area contributed by atoms with Crippen LogP contribution < -0.4 is 10.6 Å². The highest BCUT2D eigenvalue weighted by Gasteiger charge is 2.36. The van der Waals surface area contributed by atoms with E-state index >= 15 is 0 Å². The number of carboxylic acid groups (broad SMARTS) is 1. The molecule has 0 spiro atoms. The molecule has 0 aromatic carbocycles. The molecule has 7 heteroatoms. The highest BCUT2D eigenvalue weighted by atomic mass is 32.1. The fraction of sp³-hybridized carbons (Fsp3) is 0.500. The molecule has 0 radical (unpaired) electrons. The SMILES string of the molecule is CCC(CC)(NC(=O)CCNC(=O)c1cccs1)C(=O)O. The third-order valence-electron chi connectivity index (χ3n) is 3.38. The average Bonchev–Trinajstić information content (AvgIpc) is 2.98. The van der Waals surface area contributed by atoms with Crippen molar-refractivity contribution in [1.82, 2.24) is 10.6 Å². The van der Waals surface area contributed by atoms with Crippen LogP contribution in [0.1, 0.15) is 42.8 Å². The van der Waals surface area contributed by atoms with Gasteiger partial charge in [-0.15, -0.1) is 11.3 Å². The molecule has 6 nitrogen and oxygen atoms in total. The Hall–Kier alpha value is -1.89. The number of carbonyl (C=O) groups excluding carboxylic acids is 2. The summed E-state index contributed by atoms with van der Waals surface area (Å²) in [4.78, 5) is 35.3. The van der Waals surface area contributed by atoms with Gasteiger partial charge in [0, 0.05) is 13.0 Å². The van der Waals surface area contributed by atoms with Gasteiger partial charge in [-0.05, 0) is 24.3 Å². The van der Waals surface area contributed by atoms with Gasteiger partial charge in [0.05, 0.1) is 4.88 Å². The van der Waals surface area contributed by atoms with Crippen molar-refractivity contribution in [3.8, 4) is 0 Å². The first-order chi connectivity index (χ1) is 9.95. The first-order valence-electron chi connectivity index (χ1n) is 6.81. The minimum atomic E-state index is -1.23. The van der Waals surface area contributed by atoms with Gasteiger partial charge in [0.1, 0.15) is 5.54 Å². The molecule has 0 fully saturated rings. The van der Waals surface area contributed by atoms with Crippen LogP contribution in [0, 0.1) is 0 Å². The van der Waals surface area contributed by atoms with Crippen molar-refractivity contribution in [1.29, 1.82) is 0 Å². The zero-order valence-corrected chi connectivity index (χ0v) is 13.0. The van der Waals surface area contributed by atoms with Crippen LogP contribution in [0.15, 0.2) is 17.5 Å². The third-order valence-corrected chi connectivity index (χ3v) is 4.25. The summed E-state index contributed by atoms with van der Waals surface area (Å²) in [6, 6.07) is 3.47. The zero-order chi connectivity index (χ0) is 15.9. The van der Waals surface area contributed by atoms with Gasteiger partial charge in [-0.25, -0.2) is 4.79 Å². The Morgan fingerprint density at radius 1 is 1.29 bits per heavy atom. The summed E-state index contributed by atoms with van der Waals surface area (Å²) >= 11 is 1.32. The molecule has 0 bridgehead atoms. The number of amides is 2. The van der Waals surface area contributed by atoms with Crippen LogP contribution in [0.25, 0.3) is 0 Å². The van der Waals surface area contributed by atoms with Gasteiger partial charge in [0.25, 0.3) is 5.91 Å². The molecule has 0 atom stereocenters. The van der Waals surface area contributed by atoms with E-state index in [1.54, 1.807) is 31.4 Å². The summed E-state index contributed by atoms with van der Waals surface area (Å²) in [5.74, 6) is -1.65. The molecule has 0 aliphatic heterocycles. The predicted molar refractivity (Wildman–Crippen MR) is 80.4 cm³/mol. The molecule has 0 unspecified atom stereocenters. The van der Waals surface area contributed by atoms with Crippen LogP contribution >= 0.6 is 11.3 Å². The van der Waals surface area contributed by atoms with Gasteiger partial charge in [-0.1, -0.05) is 19.9 Å². The molecule has 3 N–H and O–H groups in total. The topological polar surface area (TPSA) is 95.5 Å². The number of hydrogen-bond acceptors (Lipinski definition) is 4. The minimum Gasteiger partial charge on any atom is -0.480 e. The van der Waals surface area contributed by atoms with E-state index in [1.807, 2.05) is 0 Å². The lowest BCUT2D eigenvalue weighted by Gasteiger charge is -2.28. The first kappa shape index (κ1) is 17.2. The average molecular weight is 312 g/mol. The summed E-state index contributed by atoms with van der Waals surface area (Å²) in [5, 5.41) is 16.2. The van der Waals surface area contributed by atoms with Crippen molar-refractivity contribution in [2.24, 2.45) is 0 Å². The van der Waals surface area contributed by atoms with Gasteiger partial charge < -0.3 is 15.7 Å². The number of nitrogens with one attached hydrogen (secondary N) is 2. The van der Waals surface area contributed by atoms with Crippen LogP contribution in [-0.4, -0.2) is 35.0 Å². The van der Waals surface area contributed by atoms with Gasteiger partial charge >= 0.3 is 5.97 Å². The van der Waals surface area contributed by atoms with Crippen LogP contribution in [0.2, 0.25) is 0 Å². The molecular formula is C14H20N2O4S. The normalized spacial score (nSPS) is 11.0. The lowest BCUT2D eigenvalue weighted by Crippen LogP contribution is -2.54. The van der Waals surface area contributed by atoms with Crippen LogP contribution in [0.5, 0.6) is 0 Å². The van der Waals surface area contributed by atoms with E-state index in [4.69, 9.17) is 0 Å². The first-order valence-corrected chi connectivity index (χ1v) is 7.69. The lowest BCUT2D eigenvalue weighted by atomic mass is 9.93. The fourth-order valence-electron chi connectivity index (χ4n) is 1.90. The van der Waals surface area contributed by atoms with Gasteiger partial charge in [-0.3, -0.25) is 9.59 Å². The molecule has 2 amide bonds. The largest absolute Gasteiger partial charge is 0.480 e. The Morgan fingerprint density at radius 3 is 2.43 bits per heavy atom. The maximum Gasteiger partial charge on any atom is 0.329 e. The van der Waals surface area contributed by atoms with Crippen molar-refractivity contribution in [2.75, 3.05) is 6.54 Å². The molecular weight excluding hydrogens is 292 g/mol. The monoisotopic (exact) mass is 312 g/mol. The standard InChI is InChI=1S/C14H20N2O4S/c1-3-14(4-2,13(19)20)16-11(17)7-8-15-12(18)10-6-5-9-21-10/h5-6,9H,3-4,7-8H2,1-2H3,(H,15,18)(H,16,17)(H,19,20). The second-order valence-electron chi connectivity index (χ2n) is 4.63. The molecule has 1 aromatic rings. The summed E-state index contributed by atoms with van der Waals surface area (Å²) in [6.45, 7) is 3.61. The second-order valence-corrected chi connectivity index (χ2v) is 5.57. The molecule has 1 aromatic heterocycles. The molecule has 0 aliphatic carbocycles. The third kappa shape index (κ3) is 4.56.